The molecule has 1 fully saturated rings. The molecule has 116 valence electrons. The minimum absolute atomic E-state index is 0.000756. The molecule has 1 unspecified atom stereocenters. The van der Waals surface area contributed by atoms with Crippen LogP contribution in [0.4, 0.5) is 0 Å². The van der Waals surface area contributed by atoms with Crippen LogP contribution in [0.25, 0.3) is 0 Å². The molecular formula is C14H21N3O3S. The Morgan fingerprint density at radius 3 is 2.52 bits per heavy atom. The first-order valence-electron chi connectivity index (χ1n) is 7.01. The van der Waals surface area contributed by atoms with E-state index in [1.807, 2.05) is 0 Å². The summed E-state index contributed by atoms with van der Waals surface area (Å²) in [5.41, 5.74) is 5.46. The van der Waals surface area contributed by atoms with Crippen LogP contribution in [0.2, 0.25) is 0 Å². The minimum atomic E-state index is -3.54. The van der Waals surface area contributed by atoms with E-state index in [4.69, 9.17) is 5.73 Å². The molecule has 21 heavy (non-hydrogen) atoms. The van der Waals surface area contributed by atoms with Crippen molar-refractivity contribution in [3.05, 3.63) is 29.8 Å². The Morgan fingerprint density at radius 1 is 1.24 bits per heavy atom. The van der Waals surface area contributed by atoms with Crippen LogP contribution in [0.15, 0.2) is 29.2 Å². The largest absolute Gasteiger partial charge is 0.366 e. The smallest absolute Gasteiger partial charge is 0.248 e. The molecule has 1 aliphatic heterocycles. The van der Waals surface area contributed by atoms with Crippen LogP contribution in [-0.2, 0) is 10.0 Å². The molecular weight excluding hydrogens is 290 g/mol. The Labute approximate surface area is 125 Å². The van der Waals surface area contributed by atoms with Gasteiger partial charge in [-0.15, -0.1) is 0 Å². The number of hydrogen-bond acceptors (Lipinski definition) is 4. The van der Waals surface area contributed by atoms with Gasteiger partial charge in [-0.1, -0.05) is 0 Å². The highest BCUT2D eigenvalue weighted by Crippen LogP contribution is 2.21. The first-order valence-corrected chi connectivity index (χ1v) is 8.45. The van der Waals surface area contributed by atoms with E-state index >= 15 is 0 Å². The average Bonchev–Trinajstić information content (AvgIpc) is 2.75. The summed E-state index contributed by atoms with van der Waals surface area (Å²) in [7, 11) is -1.93. The molecule has 0 spiro atoms. The summed E-state index contributed by atoms with van der Waals surface area (Å²) in [5.74, 6) is -0.567. The molecule has 1 atom stereocenters. The van der Waals surface area contributed by atoms with E-state index in [2.05, 4.69) is 5.32 Å². The van der Waals surface area contributed by atoms with Crippen LogP contribution < -0.4 is 11.1 Å². The van der Waals surface area contributed by atoms with Crippen molar-refractivity contribution in [2.45, 2.75) is 30.2 Å². The summed E-state index contributed by atoms with van der Waals surface area (Å²) in [6.07, 6.45) is 2.61. The first kappa shape index (κ1) is 15.9. The van der Waals surface area contributed by atoms with Crippen molar-refractivity contribution in [1.29, 1.82) is 0 Å². The van der Waals surface area contributed by atoms with Crippen molar-refractivity contribution in [3.63, 3.8) is 0 Å². The number of primary amides is 1. The average molecular weight is 311 g/mol. The number of nitrogens with two attached hydrogens (primary N) is 1. The number of benzene rings is 1. The van der Waals surface area contributed by atoms with Crippen LogP contribution in [0.5, 0.6) is 0 Å². The maximum Gasteiger partial charge on any atom is 0.248 e. The number of carbonyl (C=O) groups is 1. The van der Waals surface area contributed by atoms with E-state index in [9.17, 15) is 13.2 Å². The maximum absolute atomic E-state index is 12.6. The monoisotopic (exact) mass is 311 g/mol. The summed E-state index contributed by atoms with van der Waals surface area (Å²) in [4.78, 5) is 11.2. The van der Waals surface area contributed by atoms with Crippen molar-refractivity contribution in [1.82, 2.24) is 9.62 Å². The van der Waals surface area contributed by atoms with Crippen LogP contribution in [0, 0.1) is 0 Å². The van der Waals surface area contributed by atoms with E-state index in [0.717, 1.165) is 32.4 Å². The molecule has 2 rings (SSSR count). The van der Waals surface area contributed by atoms with Crippen molar-refractivity contribution < 1.29 is 13.2 Å². The molecule has 0 saturated carbocycles. The fourth-order valence-electron chi connectivity index (χ4n) is 2.52. The number of carbonyl (C=O) groups excluding carboxylic acids is 1. The van der Waals surface area contributed by atoms with Gasteiger partial charge in [-0.25, -0.2) is 8.42 Å². The molecule has 3 N–H and O–H groups in total. The number of amides is 1. The molecule has 1 amide bonds. The highest BCUT2D eigenvalue weighted by Gasteiger charge is 2.28. The van der Waals surface area contributed by atoms with Crippen molar-refractivity contribution in [2.24, 2.45) is 5.73 Å². The number of hydrogen-bond donors (Lipinski definition) is 2. The zero-order valence-corrected chi connectivity index (χ0v) is 12.9. The van der Waals surface area contributed by atoms with Crippen molar-refractivity contribution >= 4 is 15.9 Å². The van der Waals surface area contributed by atoms with Gasteiger partial charge in [0.25, 0.3) is 0 Å². The fraction of sp³-hybridized carbons (Fsp3) is 0.500. The zero-order chi connectivity index (χ0) is 15.5. The van der Waals surface area contributed by atoms with E-state index in [-0.39, 0.29) is 10.9 Å². The predicted octanol–water partition coefficient (Wildman–Crippen LogP) is 0.548. The van der Waals surface area contributed by atoms with E-state index in [0.29, 0.717) is 5.56 Å². The second kappa shape index (κ2) is 6.55. The van der Waals surface area contributed by atoms with Crippen molar-refractivity contribution in [2.75, 3.05) is 20.1 Å². The highest BCUT2D eigenvalue weighted by atomic mass is 32.2. The molecule has 0 aromatic heterocycles. The minimum Gasteiger partial charge on any atom is -0.366 e. The second-order valence-electron chi connectivity index (χ2n) is 5.24. The lowest BCUT2D eigenvalue weighted by Crippen LogP contribution is -2.37. The summed E-state index contributed by atoms with van der Waals surface area (Å²) < 4.78 is 26.7. The third-order valence-electron chi connectivity index (χ3n) is 3.88. The molecule has 0 bridgehead atoms. The van der Waals surface area contributed by atoms with Gasteiger partial charge < -0.3 is 11.1 Å². The Kier molecular flexibility index (Phi) is 4.97. The number of sulfonamides is 1. The topological polar surface area (TPSA) is 92.5 Å². The standard InChI is InChI=1S/C14H21N3O3S/c1-17(12-3-2-9-16-10-8-12)21(19,20)13-6-4-11(5-7-13)14(15)18/h4-7,12,16H,2-3,8-10H2,1H3,(H2,15,18). The Balaban J connectivity index is 2.21. The van der Waals surface area contributed by atoms with Gasteiger partial charge >= 0.3 is 0 Å². The summed E-state index contributed by atoms with van der Waals surface area (Å²) >= 11 is 0. The molecule has 0 radical (unpaired) electrons. The van der Waals surface area contributed by atoms with Crippen LogP contribution in [0.3, 0.4) is 0 Å². The molecule has 1 aromatic rings. The van der Waals surface area contributed by atoms with Crippen LogP contribution >= 0.6 is 0 Å². The lowest BCUT2D eigenvalue weighted by molar-refractivity contribution is 0.1000. The predicted molar refractivity (Wildman–Crippen MR) is 80.4 cm³/mol. The Morgan fingerprint density at radius 2 is 1.90 bits per heavy atom. The second-order valence-corrected chi connectivity index (χ2v) is 7.24. The van der Waals surface area contributed by atoms with Crippen LogP contribution in [0.1, 0.15) is 29.6 Å². The summed E-state index contributed by atoms with van der Waals surface area (Å²) in [6, 6.07) is 5.75. The van der Waals surface area contributed by atoms with Crippen LogP contribution in [-0.4, -0.2) is 44.8 Å². The van der Waals surface area contributed by atoms with Gasteiger partial charge in [0.05, 0.1) is 4.90 Å². The van der Waals surface area contributed by atoms with E-state index in [1.54, 1.807) is 7.05 Å². The van der Waals surface area contributed by atoms with Gasteiger partial charge in [0.15, 0.2) is 0 Å². The normalized spacial score (nSPS) is 20.2. The zero-order valence-electron chi connectivity index (χ0n) is 12.1. The van der Waals surface area contributed by atoms with Gasteiger partial charge in [0, 0.05) is 18.7 Å². The third kappa shape index (κ3) is 3.61. The highest BCUT2D eigenvalue weighted by molar-refractivity contribution is 7.89. The number of nitrogens with zero attached hydrogens (tertiary/aromatic N) is 1. The van der Waals surface area contributed by atoms with E-state index < -0.39 is 15.9 Å². The Hall–Kier alpha value is -1.44. The molecule has 1 saturated heterocycles. The molecule has 6 nitrogen and oxygen atoms in total. The summed E-state index contributed by atoms with van der Waals surface area (Å²) in [6.45, 7) is 1.75. The van der Waals surface area contributed by atoms with Gasteiger partial charge in [-0.05, 0) is 56.6 Å². The maximum atomic E-state index is 12.6. The van der Waals surface area contributed by atoms with E-state index in [1.165, 1.54) is 28.6 Å². The Bertz CT molecular complexity index is 590. The number of nitrogens with one attached hydrogen (secondary N) is 1. The van der Waals surface area contributed by atoms with Gasteiger partial charge in [0.2, 0.25) is 15.9 Å². The van der Waals surface area contributed by atoms with Gasteiger partial charge in [-0.2, -0.15) is 4.31 Å². The van der Waals surface area contributed by atoms with Gasteiger partial charge in [0.1, 0.15) is 0 Å². The SMILES string of the molecule is CN(C1CCCNCC1)S(=O)(=O)c1ccc(C(N)=O)cc1. The molecule has 1 heterocycles. The third-order valence-corrected chi connectivity index (χ3v) is 5.80. The molecule has 1 aliphatic rings. The lowest BCUT2D eigenvalue weighted by atomic mass is 10.1. The first-order chi connectivity index (χ1) is 9.93. The van der Waals surface area contributed by atoms with Gasteiger partial charge in [-0.3, -0.25) is 4.79 Å². The molecule has 1 aromatic carbocycles. The molecule has 0 aliphatic carbocycles. The fourth-order valence-corrected chi connectivity index (χ4v) is 3.93. The van der Waals surface area contributed by atoms with Crippen molar-refractivity contribution in [3.8, 4) is 0 Å². The lowest BCUT2D eigenvalue weighted by Gasteiger charge is -2.26. The summed E-state index contributed by atoms with van der Waals surface area (Å²) in [5, 5.41) is 3.27. The quantitative estimate of drug-likeness (QED) is 0.849. The number of rotatable bonds is 4. The molecule has 7 heteroatoms.